The average molecular weight is 344 g/mol. The quantitative estimate of drug-likeness (QED) is 0.720. The number of para-hydroxylation sites is 1. The van der Waals surface area contributed by atoms with E-state index in [0.717, 1.165) is 66.4 Å². The minimum atomic E-state index is -0.731. The first-order valence-corrected chi connectivity index (χ1v) is 9.84. The molecule has 126 valence electrons. The van der Waals surface area contributed by atoms with Crippen LogP contribution in [-0.4, -0.2) is 63.8 Å². The summed E-state index contributed by atoms with van der Waals surface area (Å²) in [6.45, 7) is 4.56. The van der Waals surface area contributed by atoms with E-state index < -0.39 is 10.8 Å². The maximum atomic E-state index is 11.2. The van der Waals surface area contributed by atoms with Crippen LogP contribution in [-0.2, 0) is 10.8 Å². The first-order valence-electron chi connectivity index (χ1n) is 8.12. The van der Waals surface area contributed by atoms with Gasteiger partial charge in [0.15, 0.2) is 11.4 Å². The summed E-state index contributed by atoms with van der Waals surface area (Å²) < 4.78 is 17.3. The van der Waals surface area contributed by atoms with Crippen molar-refractivity contribution in [3.05, 3.63) is 30.6 Å². The van der Waals surface area contributed by atoms with Gasteiger partial charge in [-0.25, -0.2) is 9.97 Å². The zero-order chi connectivity index (χ0) is 16.5. The van der Waals surface area contributed by atoms with Gasteiger partial charge in [0.1, 0.15) is 17.4 Å². The number of hydrogen-bond acceptors (Lipinski definition) is 6. The molecule has 0 aliphatic carbocycles. The summed E-state index contributed by atoms with van der Waals surface area (Å²) in [6, 6.07) is 7.95. The third-order valence-corrected chi connectivity index (χ3v) is 5.26. The number of nitrogens with zero attached hydrogens (tertiary/aromatic N) is 4. The van der Waals surface area contributed by atoms with Gasteiger partial charge in [0.25, 0.3) is 0 Å². The molecular weight excluding hydrogens is 324 g/mol. The number of piperazine rings is 1. The summed E-state index contributed by atoms with van der Waals surface area (Å²) in [5.74, 6) is 1.61. The van der Waals surface area contributed by atoms with Crippen molar-refractivity contribution in [3.8, 4) is 0 Å². The lowest BCUT2D eigenvalue weighted by Gasteiger charge is -2.35. The van der Waals surface area contributed by atoms with Gasteiger partial charge in [0.2, 0.25) is 0 Å². The Morgan fingerprint density at radius 2 is 1.96 bits per heavy atom. The van der Waals surface area contributed by atoms with E-state index in [9.17, 15) is 4.21 Å². The van der Waals surface area contributed by atoms with E-state index in [2.05, 4.69) is 19.8 Å². The molecule has 2 aromatic heterocycles. The van der Waals surface area contributed by atoms with Crippen LogP contribution in [0.15, 0.2) is 35.0 Å². The Morgan fingerprint density at radius 1 is 1.17 bits per heavy atom. The van der Waals surface area contributed by atoms with Crippen LogP contribution in [0.25, 0.3) is 22.1 Å². The van der Waals surface area contributed by atoms with Crippen molar-refractivity contribution < 1.29 is 8.63 Å². The molecule has 1 fully saturated rings. The largest absolute Gasteiger partial charge is 0.450 e. The summed E-state index contributed by atoms with van der Waals surface area (Å²) in [4.78, 5) is 13.5. The molecule has 24 heavy (non-hydrogen) atoms. The molecule has 3 heterocycles. The fourth-order valence-electron chi connectivity index (χ4n) is 3.18. The molecule has 4 rings (SSSR count). The second kappa shape index (κ2) is 6.49. The molecule has 7 heteroatoms. The summed E-state index contributed by atoms with van der Waals surface area (Å²) in [5.41, 5.74) is 2.49. The molecule has 1 saturated heterocycles. The van der Waals surface area contributed by atoms with Crippen LogP contribution in [0.3, 0.4) is 0 Å². The second-order valence-corrected chi connectivity index (χ2v) is 7.63. The highest BCUT2D eigenvalue weighted by Gasteiger charge is 2.22. The molecule has 0 N–H and O–H groups in total. The SMILES string of the molecule is CS(=O)CCN1CCN(c2ncnc3c2oc2ccccc23)CC1. The monoisotopic (exact) mass is 344 g/mol. The summed E-state index contributed by atoms with van der Waals surface area (Å²) in [7, 11) is -0.731. The molecule has 0 amide bonds. The summed E-state index contributed by atoms with van der Waals surface area (Å²) in [5, 5.41) is 1.03. The van der Waals surface area contributed by atoms with E-state index in [1.165, 1.54) is 0 Å². The number of hydrogen-bond donors (Lipinski definition) is 0. The Hall–Kier alpha value is -1.99. The lowest BCUT2D eigenvalue weighted by Crippen LogP contribution is -2.47. The number of furan rings is 1. The molecule has 1 aromatic carbocycles. The van der Waals surface area contributed by atoms with Crippen LogP contribution in [0.4, 0.5) is 5.82 Å². The Morgan fingerprint density at radius 3 is 2.75 bits per heavy atom. The van der Waals surface area contributed by atoms with Crippen molar-refractivity contribution in [2.75, 3.05) is 49.6 Å². The third kappa shape index (κ3) is 2.89. The molecule has 6 nitrogen and oxygen atoms in total. The lowest BCUT2D eigenvalue weighted by atomic mass is 10.2. The minimum Gasteiger partial charge on any atom is -0.450 e. The average Bonchev–Trinajstić information content (AvgIpc) is 2.99. The van der Waals surface area contributed by atoms with E-state index >= 15 is 0 Å². The highest BCUT2D eigenvalue weighted by atomic mass is 32.2. The van der Waals surface area contributed by atoms with Crippen LogP contribution in [0.5, 0.6) is 0 Å². The normalized spacial score (nSPS) is 17.6. The van der Waals surface area contributed by atoms with E-state index in [-0.39, 0.29) is 0 Å². The molecular formula is C17H20N4O2S. The van der Waals surface area contributed by atoms with Crippen molar-refractivity contribution in [1.29, 1.82) is 0 Å². The molecule has 1 aliphatic rings. The smallest absolute Gasteiger partial charge is 0.196 e. The Labute approximate surface area is 142 Å². The van der Waals surface area contributed by atoms with Gasteiger partial charge >= 0.3 is 0 Å². The summed E-state index contributed by atoms with van der Waals surface area (Å²) in [6.07, 6.45) is 3.38. The van der Waals surface area contributed by atoms with Gasteiger partial charge in [0.05, 0.1) is 0 Å². The molecule has 0 bridgehead atoms. The Kier molecular flexibility index (Phi) is 4.20. The number of fused-ring (bicyclic) bond motifs is 3. The number of rotatable bonds is 4. The summed E-state index contributed by atoms with van der Waals surface area (Å²) >= 11 is 0. The van der Waals surface area contributed by atoms with Crippen LogP contribution in [0.1, 0.15) is 0 Å². The van der Waals surface area contributed by atoms with Crippen molar-refractivity contribution in [1.82, 2.24) is 14.9 Å². The van der Waals surface area contributed by atoms with Gasteiger partial charge in [-0.3, -0.25) is 9.11 Å². The van der Waals surface area contributed by atoms with Crippen molar-refractivity contribution in [2.24, 2.45) is 0 Å². The van der Waals surface area contributed by atoms with Crippen molar-refractivity contribution in [2.45, 2.75) is 0 Å². The highest BCUT2D eigenvalue weighted by Crippen LogP contribution is 2.32. The third-order valence-electron chi connectivity index (χ3n) is 4.51. The van der Waals surface area contributed by atoms with Gasteiger partial charge in [-0.2, -0.15) is 0 Å². The molecule has 3 aromatic rings. The highest BCUT2D eigenvalue weighted by molar-refractivity contribution is 7.84. The number of benzene rings is 1. The molecule has 1 atom stereocenters. The predicted molar refractivity (Wildman–Crippen MR) is 96.9 cm³/mol. The Balaban J connectivity index is 1.58. The maximum Gasteiger partial charge on any atom is 0.196 e. The van der Waals surface area contributed by atoms with Crippen LogP contribution in [0.2, 0.25) is 0 Å². The number of aromatic nitrogens is 2. The van der Waals surface area contributed by atoms with E-state index in [1.807, 2.05) is 24.3 Å². The molecule has 1 unspecified atom stereocenters. The van der Waals surface area contributed by atoms with E-state index in [1.54, 1.807) is 12.6 Å². The van der Waals surface area contributed by atoms with Gasteiger partial charge < -0.3 is 9.32 Å². The molecule has 1 aliphatic heterocycles. The van der Waals surface area contributed by atoms with E-state index in [0.29, 0.717) is 0 Å². The fourth-order valence-corrected chi connectivity index (χ4v) is 3.69. The van der Waals surface area contributed by atoms with Gasteiger partial charge in [0, 0.05) is 60.9 Å². The first kappa shape index (κ1) is 15.5. The fraction of sp³-hybridized carbons (Fsp3) is 0.412. The molecule has 0 spiro atoms. The van der Waals surface area contributed by atoms with E-state index in [4.69, 9.17) is 4.42 Å². The predicted octanol–water partition coefficient (Wildman–Crippen LogP) is 1.88. The Bertz CT molecular complexity index is 887. The minimum absolute atomic E-state index is 0.731. The van der Waals surface area contributed by atoms with Crippen LogP contribution < -0.4 is 4.90 Å². The topological polar surface area (TPSA) is 62.5 Å². The van der Waals surface area contributed by atoms with Crippen LogP contribution >= 0.6 is 0 Å². The standard InChI is InChI=1S/C17H20N4O2S/c1-24(22)11-10-20-6-8-21(9-7-20)17-16-15(18-12-19-17)13-4-2-3-5-14(13)23-16/h2-5,12H,6-11H2,1H3. The molecule has 0 radical (unpaired) electrons. The second-order valence-electron chi connectivity index (χ2n) is 6.08. The van der Waals surface area contributed by atoms with Gasteiger partial charge in [-0.15, -0.1) is 0 Å². The van der Waals surface area contributed by atoms with Gasteiger partial charge in [-0.1, -0.05) is 12.1 Å². The van der Waals surface area contributed by atoms with Gasteiger partial charge in [-0.05, 0) is 12.1 Å². The first-order chi connectivity index (χ1) is 11.7. The molecule has 0 saturated carbocycles. The zero-order valence-electron chi connectivity index (χ0n) is 13.6. The number of anilines is 1. The zero-order valence-corrected chi connectivity index (χ0v) is 14.5. The van der Waals surface area contributed by atoms with Crippen molar-refractivity contribution >= 4 is 38.7 Å². The lowest BCUT2D eigenvalue weighted by molar-refractivity contribution is 0.272. The van der Waals surface area contributed by atoms with Crippen LogP contribution in [0, 0.1) is 0 Å². The maximum absolute atomic E-state index is 11.2. The van der Waals surface area contributed by atoms with Crippen molar-refractivity contribution in [3.63, 3.8) is 0 Å².